The minimum Gasteiger partial charge on any atom is -0.454 e. The molecule has 0 bridgehead atoms. The van der Waals surface area contributed by atoms with Crippen LogP contribution in [-0.2, 0) is 11.2 Å². The standard InChI is InChI=1S/C21H23N5O4/c1-11(14-4-6-17-18(8-14)30-10-29-17)24-19(27)7-5-15-12(2)25-21-16(20(22)28)9-23-26(21)13(15)3/h4,6,8-9,11H,5,7,10H2,1-3H3,(H2,22,28)(H,24,27). The third-order valence-electron chi connectivity index (χ3n) is 5.35. The number of nitrogens with one attached hydrogen (secondary N) is 1. The summed E-state index contributed by atoms with van der Waals surface area (Å²) in [6, 6.07) is 5.48. The molecule has 30 heavy (non-hydrogen) atoms. The number of hydrogen-bond acceptors (Lipinski definition) is 6. The van der Waals surface area contributed by atoms with Crippen molar-refractivity contribution in [2.75, 3.05) is 6.79 Å². The van der Waals surface area contributed by atoms with Crippen molar-refractivity contribution in [1.29, 1.82) is 0 Å². The van der Waals surface area contributed by atoms with E-state index in [1.54, 1.807) is 4.52 Å². The molecule has 0 spiro atoms. The van der Waals surface area contributed by atoms with Gasteiger partial charge in [0.2, 0.25) is 12.7 Å². The Morgan fingerprint density at radius 1 is 1.27 bits per heavy atom. The molecule has 1 atom stereocenters. The lowest BCUT2D eigenvalue weighted by Gasteiger charge is -2.16. The Labute approximate surface area is 173 Å². The molecule has 1 aliphatic heterocycles. The maximum Gasteiger partial charge on any atom is 0.254 e. The van der Waals surface area contributed by atoms with Crippen LogP contribution in [-0.4, -0.2) is 33.2 Å². The van der Waals surface area contributed by atoms with Crippen molar-refractivity contribution in [3.05, 3.63) is 52.5 Å². The second-order valence-corrected chi connectivity index (χ2v) is 7.32. The molecule has 9 nitrogen and oxygen atoms in total. The molecule has 0 saturated heterocycles. The molecule has 0 saturated carbocycles. The number of aromatic nitrogens is 3. The fourth-order valence-corrected chi connectivity index (χ4v) is 3.66. The fraction of sp³-hybridized carbons (Fsp3) is 0.333. The van der Waals surface area contributed by atoms with Gasteiger partial charge in [0, 0.05) is 17.8 Å². The predicted molar refractivity (Wildman–Crippen MR) is 108 cm³/mol. The van der Waals surface area contributed by atoms with Crippen molar-refractivity contribution < 1.29 is 19.1 Å². The van der Waals surface area contributed by atoms with Crippen LogP contribution in [0, 0.1) is 13.8 Å². The van der Waals surface area contributed by atoms with Crippen LogP contribution in [0.5, 0.6) is 11.5 Å². The van der Waals surface area contributed by atoms with E-state index in [4.69, 9.17) is 15.2 Å². The lowest BCUT2D eigenvalue weighted by atomic mass is 10.0. The molecule has 1 unspecified atom stereocenters. The van der Waals surface area contributed by atoms with Crippen LogP contribution < -0.4 is 20.5 Å². The zero-order chi connectivity index (χ0) is 21.4. The number of benzene rings is 1. The second-order valence-electron chi connectivity index (χ2n) is 7.32. The van der Waals surface area contributed by atoms with Gasteiger partial charge in [-0.3, -0.25) is 9.59 Å². The monoisotopic (exact) mass is 409 g/mol. The first-order valence-electron chi connectivity index (χ1n) is 9.67. The smallest absolute Gasteiger partial charge is 0.254 e. The molecule has 3 aromatic rings. The van der Waals surface area contributed by atoms with Gasteiger partial charge < -0.3 is 20.5 Å². The second kappa shape index (κ2) is 7.66. The van der Waals surface area contributed by atoms with Gasteiger partial charge in [-0.1, -0.05) is 6.07 Å². The first-order valence-corrected chi connectivity index (χ1v) is 9.67. The highest BCUT2D eigenvalue weighted by atomic mass is 16.7. The molecule has 9 heteroatoms. The maximum atomic E-state index is 12.5. The van der Waals surface area contributed by atoms with E-state index in [1.807, 2.05) is 39.0 Å². The van der Waals surface area contributed by atoms with E-state index >= 15 is 0 Å². The molecule has 2 amide bonds. The number of nitrogens with zero attached hydrogens (tertiary/aromatic N) is 3. The van der Waals surface area contributed by atoms with Crippen molar-refractivity contribution in [3.63, 3.8) is 0 Å². The van der Waals surface area contributed by atoms with E-state index in [0.29, 0.717) is 30.0 Å². The fourth-order valence-electron chi connectivity index (χ4n) is 3.66. The number of amides is 2. The predicted octanol–water partition coefficient (Wildman–Crippen LogP) is 1.98. The van der Waals surface area contributed by atoms with Gasteiger partial charge in [0.15, 0.2) is 17.1 Å². The average molecular weight is 409 g/mol. The molecule has 0 fully saturated rings. The number of nitrogens with two attached hydrogens (primary N) is 1. The highest BCUT2D eigenvalue weighted by molar-refractivity contribution is 5.98. The Morgan fingerprint density at radius 2 is 2.03 bits per heavy atom. The molecule has 0 radical (unpaired) electrons. The third kappa shape index (κ3) is 3.54. The van der Waals surface area contributed by atoms with Crippen LogP contribution in [0.3, 0.4) is 0 Å². The summed E-state index contributed by atoms with van der Waals surface area (Å²) in [5.74, 6) is 0.760. The van der Waals surface area contributed by atoms with Gasteiger partial charge in [-0.15, -0.1) is 0 Å². The van der Waals surface area contributed by atoms with Crippen molar-refractivity contribution >= 4 is 17.5 Å². The van der Waals surface area contributed by atoms with Crippen molar-refractivity contribution in [1.82, 2.24) is 19.9 Å². The largest absolute Gasteiger partial charge is 0.454 e. The molecular weight excluding hydrogens is 386 g/mol. The lowest BCUT2D eigenvalue weighted by molar-refractivity contribution is -0.121. The van der Waals surface area contributed by atoms with E-state index in [-0.39, 0.29) is 24.3 Å². The highest BCUT2D eigenvalue weighted by Gasteiger charge is 2.19. The van der Waals surface area contributed by atoms with Crippen molar-refractivity contribution in [2.45, 2.75) is 39.7 Å². The number of carbonyl (C=O) groups excluding carboxylic acids is 2. The topological polar surface area (TPSA) is 121 Å². The molecule has 0 aliphatic carbocycles. The summed E-state index contributed by atoms with van der Waals surface area (Å²) in [5.41, 5.74) is 9.55. The SMILES string of the molecule is Cc1nc2c(C(N)=O)cnn2c(C)c1CCC(=O)NC(C)c1ccc2c(c1)OCO2. The first kappa shape index (κ1) is 19.7. The van der Waals surface area contributed by atoms with Crippen LogP contribution in [0.15, 0.2) is 24.4 Å². The van der Waals surface area contributed by atoms with E-state index in [1.165, 1.54) is 6.20 Å². The molecule has 3 N–H and O–H groups in total. The maximum absolute atomic E-state index is 12.5. The summed E-state index contributed by atoms with van der Waals surface area (Å²) >= 11 is 0. The Morgan fingerprint density at radius 3 is 2.80 bits per heavy atom. The lowest BCUT2D eigenvalue weighted by Crippen LogP contribution is -2.27. The molecular formula is C21H23N5O4. The van der Waals surface area contributed by atoms with Crippen molar-refractivity contribution in [2.24, 2.45) is 5.73 Å². The van der Waals surface area contributed by atoms with E-state index in [2.05, 4.69) is 15.4 Å². The number of carbonyl (C=O) groups is 2. The highest BCUT2D eigenvalue weighted by Crippen LogP contribution is 2.34. The van der Waals surface area contributed by atoms with Crippen LogP contribution in [0.4, 0.5) is 0 Å². The minimum absolute atomic E-state index is 0.0719. The first-order chi connectivity index (χ1) is 14.3. The summed E-state index contributed by atoms with van der Waals surface area (Å²) in [7, 11) is 0. The Bertz CT molecular complexity index is 1150. The number of aryl methyl sites for hydroxylation is 2. The van der Waals surface area contributed by atoms with Gasteiger partial charge >= 0.3 is 0 Å². The zero-order valence-electron chi connectivity index (χ0n) is 17.1. The third-order valence-corrected chi connectivity index (χ3v) is 5.35. The molecule has 1 aliphatic rings. The van der Waals surface area contributed by atoms with E-state index in [9.17, 15) is 9.59 Å². The van der Waals surface area contributed by atoms with Crippen LogP contribution in [0.25, 0.3) is 5.65 Å². The van der Waals surface area contributed by atoms with E-state index < -0.39 is 5.91 Å². The number of rotatable bonds is 6. The number of hydrogen-bond donors (Lipinski definition) is 2. The summed E-state index contributed by atoms with van der Waals surface area (Å²) < 4.78 is 12.3. The van der Waals surface area contributed by atoms with E-state index in [0.717, 1.165) is 22.5 Å². The normalized spacial score (nSPS) is 13.4. The van der Waals surface area contributed by atoms with Crippen LogP contribution in [0.2, 0.25) is 0 Å². The van der Waals surface area contributed by atoms with Crippen molar-refractivity contribution in [3.8, 4) is 11.5 Å². The minimum atomic E-state index is -0.569. The van der Waals surface area contributed by atoms with Gasteiger partial charge in [0.25, 0.3) is 5.91 Å². The summed E-state index contributed by atoms with van der Waals surface area (Å²) in [6.07, 6.45) is 2.22. The quantitative estimate of drug-likeness (QED) is 0.642. The molecule has 3 heterocycles. The van der Waals surface area contributed by atoms with Gasteiger partial charge in [0.05, 0.1) is 12.2 Å². The van der Waals surface area contributed by atoms with Gasteiger partial charge in [-0.05, 0) is 50.5 Å². The zero-order valence-corrected chi connectivity index (χ0v) is 17.1. The Hall–Kier alpha value is -3.62. The molecule has 1 aromatic carbocycles. The van der Waals surface area contributed by atoms with Crippen LogP contribution in [0.1, 0.15) is 52.3 Å². The summed E-state index contributed by atoms with van der Waals surface area (Å²) in [6.45, 7) is 5.89. The van der Waals surface area contributed by atoms with Crippen LogP contribution >= 0.6 is 0 Å². The Balaban J connectivity index is 1.44. The molecule has 156 valence electrons. The Kier molecular flexibility index (Phi) is 5.03. The number of primary amides is 1. The van der Waals surface area contributed by atoms with Gasteiger partial charge in [0.1, 0.15) is 5.56 Å². The summed E-state index contributed by atoms with van der Waals surface area (Å²) in [5, 5.41) is 7.23. The number of ether oxygens (including phenoxy) is 2. The number of fused-ring (bicyclic) bond motifs is 2. The van der Waals surface area contributed by atoms with Gasteiger partial charge in [-0.25, -0.2) is 9.50 Å². The molecule has 4 rings (SSSR count). The summed E-state index contributed by atoms with van der Waals surface area (Å²) in [4.78, 5) is 28.6. The van der Waals surface area contributed by atoms with Gasteiger partial charge in [-0.2, -0.15) is 5.10 Å². The average Bonchev–Trinajstić information content (AvgIpc) is 3.33. The molecule has 2 aromatic heterocycles.